The molecule has 0 spiro atoms. The summed E-state index contributed by atoms with van der Waals surface area (Å²) in [5.41, 5.74) is 7.01. The van der Waals surface area contributed by atoms with Crippen molar-refractivity contribution < 1.29 is 0 Å². The third kappa shape index (κ3) is 1.84. The Morgan fingerprint density at radius 2 is 2.06 bits per heavy atom. The van der Waals surface area contributed by atoms with E-state index in [1.807, 2.05) is 0 Å². The van der Waals surface area contributed by atoms with Gasteiger partial charge in [0.2, 0.25) is 0 Å². The van der Waals surface area contributed by atoms with Crippen LogP contribution in [0.5, 0.6) is 0 Å². The molecule has 9 heteroatoms. The van der Waals surface area contributed by atoms with E-state index in [0.717, 1.165) is 11.3 Å². The number of nitrogens with zero attached hydrogens (tertiary/aromatic N) is 5. The van der Waals surface area contributed by atoms with Crippen LogP contribution < -0.4 is 5.73 Å². The molecular formula is C9H9N9. The van der Waals surface area contributed by atoms with Crippen molar-refractivity contribution >= 4 is 17.5 Å². The van der Waals surface area contributed by atoms with Gasteiger partial charge in [-0.2, -0.15) is 15.3 Å². The minimum absolute atomic E-state index is 0.405. The predicted molar refractivity (Wildman–Crippen MR) is 63.3 cm³/mol. The number of rotatable bonds is 3. The van der Waals surface area contributed by atoms with Crippen molar-refractivity contribution in [3.8, 4) is 11.3 Å². The highest BCUT2D eigenvalue weighted by Gasteiger charge is 2.09. The van der Waals surface area contributed by atoms with Crippen molar-refractivity contribution in [3.63, 3.8) is 0 Å². The number of hydrogen-bond donors (Lipinski definition) is 4. The number of nitrogen functional groups attached to an aromatic ring is 1. The molecule has 5 N–H and O–H groups in total. The van der Waals surface area contributed by atoms with E-state index in [2.05, 4.69) is 40.8 Å². The van der Waals surface area contributed by atoms with Crippen molar-refractivity contribution in [1.82, 2.24) is 30.6 Å². The van der Waals surface area contributed by atoms with Crippen LogP contribution in [0, 0.1) is 0 Å². The molecule has 3 heterocycles. The van der Waals surface area contributed by atoms with Gasteiger partial charge in [0, 0.05) is 12.1 Å². The molecular weight excluding hydrogens is 234 g/mol. The minimum Gasteiger partial charge on any atom is -0.382 e. The van der Waals surface area contributed by atoms with E-state index < -0.39 is 0 Å². The molecule has 0 atom stereocenters. The molecule has 3 aromatic rings. The van der Waals surface area contributed by atoms with Gasteiger partial charge in [0.15, 0.2) is 11.6 Å². The summed E-state index contributed by atoms with van der Waals surface area (Å²) in [5, 5.41) is 27.7. The predicted octanol–water partition coefficient (Wildman–Crippen LogP) is 1.52. The van der Waals surface area contributed by atoms with Crippen LogP contribution in [-0.4, -0.2) is 30.6 Å². The molecule has 0 aliphatic heterocycles. The zero-order valence-corrected chi connectivity index (χ0v) is 9.12. The molecule has 18 heavy (non-hydrogen) atoms. The maximum atomic E-state index is 5.55. The zero-order chi connectivity index (χ0) is 12.4. The van der Waals surface area contributed by atoms with Crippen molar-refractivity contribution in [3.05, 3.63) is 24.5 Å². The lowest BCUT2D eigenvalue weighted by molar-refractivity contribution is 1.02. The topological polar surface area (TPSA) is 137 Å². The number of aromatic amines is 3. The maximum absolute atomic E-state index is 5.55. The summed E-state index contributed by atoms with van der Waals surface area (Å²) in [6.45, 7) is 0. The Labute approximate surface area is 101 Å². The van der Waals surface area contributed by atoms with E-state index in [0.29, 0.717) is 17.5 Å². The molecule has 0 fully saturated rings. The Balaban J connectivity index is 1.92. The maximum Gasteiger partial charge on any atom is 0.179 e. The van der Waals surface area contributed by atoms with E-state index >= 15 is 0 Å². The number of anilines is 1. The lowest BCUT2D eigenvalue weighted by Gasteiger charge is -1.92. The van der Waals surface area contributed by atoms with Gasteiger partial charge < -0.3 is 5.73 Å². The van der Waals surface area contributed by atoms with Crippen molar-refractivity contribution in [2.75, 3.05) is 5.73 Å². The summed E-state index contributed by atoms with van der Waals surface area (Å²) in [7, 11) is 0. The van der Waals surface area contributed by atoms with Crippen LogP contribution in [-0.2, 0) is 0 Å². The normalized spacial score (nSPS) is 11.3. The van der Waals surface area contributed by atoms with Crippen molar-refractivity contribution in [2.45, 2.75) is 0 Å². The van der Waals surface area contributed by atoms with Crippen molar-refractivity contribution in [1.29, 1.82) is 0 Å². The Bertz CT molecular complexity index is 660. The SMILES string of the molecule is Nc1cc(-c2cn[nH]c2N=Nc2ccn[nH]2)[nH]n1. The first-order valence-corrected chi connectivity index (χ1v) is 5.08. The highest BCUT2D eigenvalue weighted by molar-refractivity contribution is 5.70. The van der Waals surface area contributed by atoms with Gasteiger partial charge in [-0.3, -0.25) is 15.3 Å². The van der Waals surface area contributed by atoms with E-state index in [1.54, 1.807) is 24.5 Å². The first kappa shape index (κ1) is 10.2. The standard InChI is InChI=1S/C9H9N9/c10-7-3-6(13-14-7)5-4-12-17-9(5)18-16-8-1-2-11-15-8/h1-4H,(H,11,15)(H,12,17)(H3,10,13,14). The molecule has 0 bridgehead atoms. The van der Waals surface area contributed by atoms with Gasteiger partial charge in [-0.15, -0.1) is 10.2 Å². The number of hydrogen-bond acceptors (Lipinski definition) is 6. The van der Waals surface area contributed by atoms with Crippen LogP contribution in [0.3, 0.4) is 0 Å². The lowest BCUT2D eigenvalue weighted by atomic mass is 10.2. The Morgan fingerprint density at radius 3 is 2.78 bits per heavy atom. The third-order valence-corrected chi connectivity index (χ3v) is 2.25. The average Bonchev–Trinajstić information content (AvgIpc) is 3.07. The average molecular weight is 243 g/mol. The smallest absolute Gasteiger partial charge is 0.179 e. The minimum atomic E-state index is 0.405. The summed E-state index contributed by atoms with van der Waals surface area (Å²) in [5.74, 6) is 1.47. The first-order valence-electron chi connectivity index (χ1n) is 5.08. The number of H-pyrrole nitrogens is 3. The van der Waals surface area contributed by atoms with Gasteiger partial charge in [-0.25, -0.2) is 0 Å². The fourth-order valence-electron chi connectivity index (χ4n) is 1.44. The zero-order valence-electron chi connectivity index (χ0n) is 9.12. The molecule has 0 aliphatic carbocycles. The quantitative estimate of drug-likeness (QED) is 0.518. The summed E-state index contributed by atoms with van der Waals surface area (Å²) in [6.07, 6.45) is 3.21. The number of aromatic nitrogens is 6. The molecule has 0 aliphatic rings. The van der Waals surface area contributed by atoms with E-state index in [1.165, 1.54) is 0 Å². The second-order valence-corrected chi connectivity index (χ2v) is 3.48. The fourth-order valence-corrected chi connectivity index (χ4v) is 1.44. The van der Waals surface area contributed by atoms with E-state index in [9.17, 15) is 0 Å². The Morgan fingerprint density at radius 1 is 1.11 bits per heavy atom. The van der Waals surface area contributed by atoms with Crippen LogP contribution in [0.1, 0.15) is 0 Å². The molecule has 0 saturated carbocycles. The van der Waals surface area contributed by atoms with Crippen LogP contribution in [0.2, 0.25) is 0 Å². The Kier molecular flexibility index (Phi) is 2.34. The van der Waals surface area contributed by atoms with Crippen LogP contribution in [0.25, 0.3) is 11.3 Å². The first-order chi connectivity index (χ1) is 8.83. The highest BCUT2D eigenvalue weighted by Crippen LogP contribution is 2.28. The van der Waals surface area contributed by atoms with E-state index in [-0.39, 0.29) is 0 Å². The number of nitrogens with two attached hydrogens (primary N) is 1. The third-order valence-electron chi connectivity index (χ3n) is 2.25. The molecule has 0 amide bonds. The summed E-state index contributed by atoms with van der Waals surface area (Å²) in [4.78, 5) is 0. The van der Waals surface area contributed by atoms with Gasteiger partial charge in [0.1, 0.15) is 5.82 Å². The molecule has 3 rings (SSSR count). The van der Waals surface area contributed by atoms with Crippen LogP contribution >= 0.6 is 0 Å². The van der Waals surface area contributed by atoms with Gasteiger partial charge >= 0.3 is 0 Å². The molecule has 0 aromatic carbocycles. The van der Waals surface area contributed by atoms with Gasteiger partial charge in [-0.05, 0) is 0 Å². The lowest BCUT2D eigenvalue weighted by Crippen LogP contribution is -1.81. The molecule has 9 nitrogen and oxygen atoms in total. The second kappa shape index (κ2) is 4.13. The second-order valence-electron chi connectivity index (χ2n) is 3.48. The highest BCUT2D eigenvalue weighted by atomic mass is 15.3. The molecule has 0 unspecified atom stereocenters. The van der Waals surface area contributed by atoms with Crippen LogP contribution in [0.4, 0.5) is 17.5 Å². The molecule has 0 saturated heterocycles. The fraction of sp³-hybridized carbons (Fsp3) is 0. The van der Waals surface area contributed by atoms with E-state index in [4.69, 9.17) is 5.73 Å². The van der Waals surface area contributed by atoms with Gasteiger partial charge in [0.05, 0.1) is 23.7 Å². The largest absolute Gasteiger partial charge is 0.382 e. The summed E-state index contributed by atoms with van der Waals surface area (Å²) >= 11 is 0. The van der Waals surface area contributed by atoms with Crippen LogP contribution in [0.15, 0.2) is 34.8 Å². The summed E-state index contributed by atoms with van der Waals surface area (Å²) in [6, 6.07) is 3.40. The molecule has 90 valence electrons. The van der Waals surface area contributed by atoms with Gasteiger partial charge in [0.25, 0.3) is 0 Å². The summed E-state index contributed by atoms with van der Waals surface area (Å²) < 4.78 is 0. The monoisotopic (exact) mass is 243 g/mol. The molecule has 3 aromatic heterocycles. The van der Waals surface area contributed by atoms with Crippen molar-refractivity contribution in [2.24, 2.45) is 10.2 Å². The Hall–Kier alpha value is -2.97. The molecule has 0 radical (unpaired) electrons. The number of nitrogens with one attached hydrogen (secondary N) is 3. The van der Waals surface area contributed by atoms with Gasteiger partial charge in [-0.1, -0.05) is 0 Å². The number of azo groups is 1.